The fourth-order valence-electron chi connectivity index (χ4n) is 6.08. The molecule has 0 saturated carbocycles. The van der Waals surface area contributed by atoms with Gasteiger partial charge in [0.05, 0.1) is 6.61 Å². The summed E-state index contributed by atoms with van der Waals surface area (Å²) in [5, 5.41) is 2.93. The van der Waals surface area contributed by atoms with Gasteiger partial charge in [0.2, 0.25) is 0 Å². The molecular weight excluding hydrogens is 458 g/mol. The van der Waals surface area contributed by atoms with Crippen LogP contribution in [0, 0.1) is 0 Å². The first-order valence-corrected chi connectivity index (χ1v) is 14.1. The summed E-state index contributed by atoms with van der Waals surface area (Å²) < 4.78 is 35.0. The Labute approximate surface area is 198 Å². The molecule has 6 rings (SSSR count). The average molecular weight is 488 g/mol. The maximum atomic E-state index is 13.2. The average Bonchev–Trinajstić information content (AvgIpc) is 3.53. The second-order valence-electron chi connectivity index (χ2n) is 9.79. The van der Waals surface area contributed by atoms with Crippen molar-refractivity contribution in [2.45, 2.75) is 61.2 Å². The third kappa shape index (κ3) is 3.60. The Morgan fingerprint density at radius 1 is 1.06 bits per heavy atom. The molecule has 1 aromatic heterocycles. The zero-order valence-corrected chi connectivity index (χ0v) is 20.5. The zero-order valence-electron chi connectivity index (χ0n) is 18.8. The van der Waals surface area contributed by atoms with E-state index in [0.717, 1.165) is 74.2 Å². The van der Waals surface area contributed by atoms with Crippen LogP contribution < -0.4 is 10.0 Å². The molecule has 2 aliphatic heterocycles. The lowest BCUT2D eigenvalue weighted by molar-refractivity contribution is -0.0474. The molecule has 176 valence electrons. The van der Waals surface area contributed by atoms with Crippen LogP contribution in [0.4, 0.5) is 10.5 Å². The molecule has 1 fully saturated rings. The third-order valence-electron chi connectivity index (χ3n) is 7.58. The minimum absolute atomic E-state index is 0.186. The van der Waals surface area contributed by atoms with Crippen LogP contribution in [0.2, 0.25) is 0 Å². The predicted molar refractivity (Wildman–Crippen MR) is 128 cm³/mol. The van der Waals surface area contributed by atoms with Crippen molar-refractivity contribution in [1.29, 1.82) is 0 Å². The van der Waals surface area contributed by atoms with Crippen molar-refractivity contribution in [1.82, 2.24) is 9.62 Å². The molecule has 1 unspecified atom stereocenters. The number of fused-ring (bicyclic) bond motifs is 4. The van der Waals surface area contributed by atoms with Gasteiger partial charge in [-0.25, -0.2) is 17.9 Å². The van der Waals surface area contributed by atoms with Crippen LogP contribution in [0.1, 0.15) is 52.0 Å². The van der Waals surface area contributed by atoms with Crippen molar-refractivity contribution in [3.05, 3.63) is 44.8 Å². The number of hydrogen-bond donors (Lipinski definition) is 2. The van der Waals surface area contributed by atoms with Crippen LogP contribution in [0.3, 0.4) is 0 Å². The van der Waals surface area contributed by atoms with E-state index in [-0.39, 0.29) is 4.21 Å². The number of hydrogen-bond acceptors (Lipinski definition) is 6. The number of anilines is 1. The second-order valence-corrected chi connectivity index (χ2v) is 12.8. The van der Waals surface area contributed by atoms with E-state index in [1.165, 1.54) is 33.6 Å². The summed E-state index contributed by atoms with van der Waals surface area (Å²) in [5.41, 5.74) is 6.41. The number of nitrogens with one attached hydrogen (secondary N) is 2. The molecule has 1 atom stereocenters. The van der Waals surface area contributed by atoms with Crippen molar-refractivity contribution >= 4 is 33.1 Å². The highest BCUT2D eigenvalue weighted by Crippen LogP contribution is 2.45. The highest BCUT2D eigenvalue weighted by atomic mass is 32.2. The Balaban J connectivity index is 1.26. The number of likely N-dealkylation sites (N-methyl/N-ethyl adjacent to an activating group) is 1. The number of amides is 2. The fraction of sp³-hybridized carbons (Fsp3) is 0.542. The van der Waals surface area contributed by atoms with E-state index >= 15 is 0 Å². The van der Waals surface area contributed by atoms with E-state index in [2.05, 4.69) is 28.1 Å². The molecule has 1 saturated heterocycles. The Kier molecular flexibility index (Phi) is 5.10. The summed E-state index contributed by atoms with van der Waals surface area (Å²) in [6.45, 7) is 2.28. The van der Waals surface area contributed by atoms with Crippen molar-refractivity contribution in [3.8, 4) is 0 Å². The Hall–Kier alpha value is -1.94. The molecule has 4 aliphatic rings. The fourth-order valence-corrected chi connectivity index (χ4v) is 8.69. The van der Waals surface area contributed by atoms with Gasteiger partial charge in [-0.2, -0.15) is 0 Å². The monoisotopic (exact) mass is 487 g/mol. The summed E-state index contributed by atoms with van der Waals surface area (Å²) in [5.74, 6) is 0. The number of urea groups is 1. The first kappa shape index (κ1) is 21.6. The molecule has 33 heavy (non-hydrogen) atoms. The third-order valence-corrected chi connectivity index (χ3v) is 10.7. The quantitative estimate of drug-likeness (QED) is 0.693. The molecular formula is C24H29N3O4S2. The molecule has 2 amide bonds. The van der Waals surface area contributed by atoms with Gasteiger partial charge in [0.25, 0.3) is 10.0 Å². The van der Waals surface area contributed by atoms with E-state index in [0.29, 0.717) is 13.0 Å². The highest BCUT2D eigenvalue weighted by molar-refractivity contribution is 7.92. The van der Waals surface area contributed by atoms with Gasteiger partial charge in [0.1, 0.15) is 9.81 Å². The van der Waals surface area contributed by atoms with Crippen LogP contribution >= 0.6 is 11.3 Å². The summed E-state index contributed by atoms with van der Waals surface area (Å²) in [4.78, 5) is 16.1. The van der Waals surface area contributed by atoms with E-state index in [9.17, 15) is 13.2 Å². The molecule has 2 N–H and O–H groups in total. The maximum absolute atomic E-state index is 13.2. The Morgan fingerprint density at radius 2 is 1.79 bits per heavy atom. The number of ether oxygens (including phenoxy) is 1. The van der Waals surface area contributed by atoms with E-state index in [1.807, 2.05) is 0 Å². The van der Waals surface area contributed by atoms with Gasteiger partial charge in [-0.05, 0) is 92.3 Å². The number of carbonyl (C=O) groups is 1. The van der Waals surface area contributed by atoms with Gasteiger partial charge in [0, 0.05) is 23.7 Å². The lowest BCUT2D eigenvalue weighted by Gasteiger charge is -2.33. The molecule has 3 heterocycles. The largest absolute Gasteiger partial charge is 0.368 e. The normalized spacial score (nSPS) is 24.0. The van der Waals surface area contributed by atoms with Gasteiger partial charge in [-0.15, -0.1) is 11.3 Å². The number of benzene rings is 1. The number of sulfonamides is 1. The van der Waals surface area contributed by atoms with Crippen molar-refractivity contribution in [3.63, 3.8) is 0 Å². The van der Waals surface area contributed by atoms with E-state index in [1.54, 1.807) is 6.07 Å². The minimum Gasteiger partial charge on any atom is -0.368 e. The summed E-state index contributed by atoms with van der Waals surface area (Å²) in [6, 6.07) is 3.34. The zero-order chi connectivity index (χ0) is 22.8. The maximum Gasteiger partial charge on any atom is 0.333 e. The van der Waals surface area contributed by atoms with Crippen LogP contribution in [-0.2, 0) is 52.5 Å². The van der Waals surface area contributed by atoms with Crippen molar-refractivity contribution in [2.75, 3.05) is 32.1 Å². The van der Waals surface area contributed by atoms with E-state index < -0.39 is 21.7 Å². The van der Waals surface area contributed by atoms with Gasteiger partial charge < -0.3 is 15.0 Å². The highest BCUT2D eigenvalue weighted by Gasteiger charge is 2.45. The molecule has 2 aliphatic carbocycles. The molecule has 1 spiro atoms. The lowest BCUT2D eigenvalue weighted by atomic mass is 9.94. The topological polar surface area (TPSA) is 87.7 Å². The molecule has 0 bridgehead atoms. The molecule has 1 aromatic carbocycles. The van der Waals surface area contributed by atoms with Crippen LogP contribution in [-0.4, -0.2) is 46.1 Å². The smallest absolute Gasteiger partial charge is 0.333 e. The van der Waals surface area contributed by atoms with Crippen molar-refractivity contribution in [2.24, 2.45) is 0 Å². The number of likely N-dealkylation sites (tertiary alicyclic amines) is 1. The predicted octanol–water partition coefficient (Wildman–Crippen LogP) is 3.34. The number of carbonyl (C=O) groups excluding carboxylic acids is 1. The molecule has 7 nitrogen and oxygen atoms in total. The number of nitrogens with zero attached hydrogens (tertiary/aromatic N) is 1. The first-order chi connectivity index (χ1) is 15.8. The number of aryl methyl sites for hydroxylation is 2. The van der Waals surface area contributed by atoms with Crippen LogP contribution in [0.25, 0.3) is 0 Å². The Morgan fingerprint density at radius 3 is 2.45 bits per heavy atom. The van der Waals surface area contributed by atoms with Crippen molar-refractivity contribution < 1.29 is 17.9 Å². The SMILES string of the molecule is CN1CCC2(C1)OCCc1cc(S(=O)(=O)NC(=O)Nc3c4c(cc5c3CCC5)CCC4)sc12. The molecule has 0 radical (unpaired) electrons. The number of thiophene rings is 1. The Bertz CT molecular complexity index is 1220. The van der Waals surface area contributed by atoms with Gasteiger partial charge in [-0.3, -0.25) is 0 Å². The summed E-state index contributed by atoms with van der Waals surface area (Å²) in [6.07, 6.45) is 7.61. The van der Waals surface area contributed by atoms with Crippen LogP contribution in [0.15, 0.2) is 16.3 Å². The summed E-state index contributed by atoms with van der Waals surface area (Å²) in [7, 11) is -1.92. The van der Waals surface area contributed by atoms with E-state index in [4.69, 9.17) is 4.74 Å². The summed E-state index contributed by atoms with van der Waals surface area (Å²) >= 11 is 1.25. The second kappa shape index (κ2) is 7.80. The molecule has 2 aromatic rings. The standard InChI is InChI=1S/C24H29N3O4S2/c1-27-10-9-24(14-27)22-17(8-11-31-24)13-20(32-22)33(29,30)26-23(28)25-21-18-6-2-4-15(18)12-16-5-3-7-19(16)21/h12-13H,2-11,14H2,1H3,(H2,25,26,28). The minimum atomic E-state index is -3.97. The van der Waals surface area contributed by atoms with Gasteiger partial charge in [0.15, 0.2) is 0 Å². The van der Waals surface area contributed by atoms with Gasteiger partial charge in [-0.1, -0.05) is 6.07 Å². The van der Waals surface area contributed by atoms with Gasteiger partial charge >= 0.3 is 6.03 Å². The molecule has 9 heteroatoms. The number of rotatable bonds is 3. The van der Waals surface area contributed by atoms with Crippen LogP contribution in [0.5, 0.6) is 0 Å². The first-order valence-electron chi connectivity index (χ1n) is 11.8. The lowest BCUT2D eigenvalue weighted by Crippen LogP contribution is -2.36.